The monoisotopic (exact) mass is 147 g/mol. The fraction of sp³-hybridized carbons (Fsp3) is 1.00. The van der Waals surface area contributed by atoms with Gasteiger partial charge in [0.15, 0.2) is 0 Å². The number of likely N-dealkylation sites (tertiary alicyclic amines) is 1. The highest BCUT2D eigenvalue weighted by atomic mass is 16.3. The molecule has 0 amide bonds. The number of hydrogen-bond donors (Lipinski definition) is 3. The minimum Gasteiger partial charge on any atom is -0.396 e. The Kier molecular flexibility index (Phi) is 2.62. The van der Waals surface area contributed by atoms with Crippen LogP contribution in [0.4, 0.5) is 0 Å². The summed E-state index contributed by atoms with van der Waals surface area (Å²) in [6.45, 7) is 1.03. The van der Waals surface area contributed by atoms with Crippen molar-refractivity contribution in [3.8, 4) is 0 Å². The molecule has 4 nitrogen and oxygen atoms in total. The predicted octanol–water partition coefficient (Wildman–Crippen LogP) is -1.78. The van der Waals surface area contributed by atoms with Crippen molar-refractivity contribution >= 4 is 0 Å². The molecule has 0 aliphatic carbocycles. The average molecular weight is 147 g/mol. The van der Waals surface area contributed by atoms with Gasteiger partial charge < -0.3 is 15.3 Å². The van der Waals surface area contributed by atoms with Gasteiger partial charge in [-0.2, -0.15) is 0 Å². The molecule has 10 heavy (non-hydrogen) atoms. The van der Waals surface area contributed by atoms with E-state index in [9.17, 15) is 5.11 Å². The Labute approximate surface area is 59.7 Å². The van der Waals surface area contributed by atoms with E-state index < -0.39 is 6.10 Å². The van der Waals surface area contributed by atoms with Gasteiger partial charge >= 0.3 is 0 Å². The van der Waals surface area contributed by atoms with E-state index in [0.29, 0.717) is 13.1 Å². The zero-order chi connectivity index (χ0) is 7.56. The Morgan fingerprint density at radius 2 is 2.00 bits per heavy atom. The molecule has 1 rings (SSSR count). The molecule has 0 aromatic heterocycles. The Morgan fingerprint density at radius 3 is 2.30 bits per heavy atom. The predicted molar refractivity (Wildman–Crippen MR) is 35.2 cm³/mol. The lowest BCUT2D eigenvalue weighted by atomic mass is 10.1. The smallest absolute Gasteiger partial charge is 0.0957 e. The molecule has 2 unspecified atom stereocenters. The molecule has 1 aliphatic rings. The molecule has 1 saturated heterocycles. The minimum atomic E-state index is -0.475. The van der Waals surface area contributed by atoms with Crippen molar-refractivity contribution in [2.45, 2.75) is 6.10 Å². The Balaban J connectivity index is 2.36. The van der Waals surface area contributed by atoms with Gasteiger partial charge in [0.2, 0.25) is 0 Å². The largest absolute Gasteiger partial charge is 0.396 e. The van der Waals surface area contributed by atoms with Crippen LogP contribution < -0.4 is 0 Å². The molecule has 1 heterocycles. The van der Waals surface area contributed by atoms with E-state index in [-0.39, 0.29) is 19.3 Å². The summed E-state index contributed by atoms with van der Waals surface area (Å²) in [5.74, 6) is -0.0767. The average Bonchev–Trinajstić information content (AvgIpc) is 2.30. The van der Waals surface area contributed by atoms with E-state index in [1.807, 2.05) is 0 Å². The molecular formula is C6H13NO3. The normalized spacial score (nSPS) is 35.1. The van der Waals surface area contributed by atoms with Crippen LogP contribution in [0.25, 0.3) is 0 Å². The van der Waals surface area contributed by atoms with Gasteiger partial charge in [-0.1, -0.05) is 0 Å². The zero-order valence-corrected chi connectivity index (χ0v) is 5.77. The second-order valence-corrected chi connectivity index (χ2v) is 2.69. The second-order valence-electron chi connectivity index (χ2n) is 2.69. The Hall–Kier alpha value is -0.160. The highest BCUT2D eigenvalue weighted by Gasteiger charge is 2.29. The molecule has 1 fully saturated rings. The van der Waals surface area contributed by atoms with Gasteiger partial charge in [-0.05, 0) is 0 Å². The van der Waals surface area contributed by atoms with Crippen molar-refractivity contribution in [3.05, 3.63) is 0 Å². The minimum absolute atomic E-state index is 0.00231. The summed E-state index contributed by atoms with van der Waals surface area (Å²) in [6.07, 6.45) is -0.475. The van der Waals surface area contributed by atoms with E-state index in [4.69, 9.17) is 10.2 Å². The molecule has 0 aromatic rings. The van der Waals surface area contributed by atoms with Gasteiger partial charge in [0, 0.05) is 25.6 Å². The first-order valence-corrected chi connectivity index (χ1v) is 3.40. The van der Waals surface area contributed by atoms with E-state index in [1.54, 1.807) is 4.90 Å². The van der Waals surface area contributed by atoms with Gasteiger partial charge in [0.25, 0.3) is 0 Å². The van der Waals surface area contributed by atoms with Gasteiger partial charge in [-0.15, -0.1) is 0 Å². The van der Waals surface area contributed by atoms with Crippen LogP contribution in [0.2, 0.25) is 0 Å². The van der Waals surface area contributed by atoms with Gasteiger partial charge in [-0.25, -0.2) is 0 Å². The lowest BCUT2D eigenvalue weighted by Gasteiger charge is -2.09. The van der Waals surface area contributed by atoms with E-state index >= 15 is 0 Å². The summed E-state index contributed by atoms with van der Waals surface area (Å²) in [5, 5.41) is 26.5. The number of rotatable bonds is 2. The first-order chi connectivity index (χ1) is 4.77. The topological polar surface area (TPSA) is 63.9 Å². The fourth-order valence-corrected chi connectivity index (χ4v) is 1.24. The van der Waals surface area contributed by atoms with Crippen LogP contribution in [-0.4, -0.2) is 52.8 Å². The maximum absolute atomic E-state index is 9.18. The molecule has 1 aliphatic heterocycles. The van der Waals surface area contributed by atoms with Gasteiger partial charge in [0.05, 0.1) is 12.8 Å². The van der Waals surface area contributed by atoms with Crippen LogP contribution in [0.3, 0.4) is 0 Å². The quantitative estimate of drug-likeness (QED) is 0.432. The van der Waals surface area contributed by atoms with Crippen LogP contribution in [0.1, 0.15) is 0 Å². The number of β-amino-alcohol motifs (C(OH)–C–C–N with tert-alkyl or cyclic N) is 1. The molecule has 3 N–H and O–H groups in total. The molecule has 2 atom stereocenters. The van der Waals surface area contributed by atoms with E-state index in [0.717, 1.165) is 0 Å². The molecule has 4 heteroatoms. The highest BCUT2D eigenvalue weighted by Crippen LogP contribution is 2.14. The highest BCUT2D eigenvalue weighted by molar-refractivity contribution is 4.81. The van der Waals surface area contributed by atoms with Crippen LogP contribution in [-0.2, 0) is 0 Å². The molecule has 0 aromatic carbocycles. The van der Waals surface area contributed by atoms with Crippen molar-refractivity contribution < 1.29 is 15.3 Å². The van der Waals surface area contributed by atoms with Gasteiger partial charge in [0.1, 0.15) is 0 Å². The first kappa shape index (κ1) is 7.94. The van der Waals surface area contributed by atoms with Crippen LogP contribution in [0, 0.1) is 5.92 Å². The third-order valence-electron chi connectivity index (χ3n) is 1.92. The summed E-state index contributed by atoms with van der Waals surface area (Å²) in [4.78, 5) is 1.70. The summed E-state index contributed by atoms with van der Waals surface area (Å²) in [7, 11) is 0. The fourth-order valence-electron chi connectivity index (χ4n) is 1.24. The summed E-state index contributed by atoms with van der Waals surface area (Å²) < 4.78 is 0. The Bertz CT molecular complexity index is 109. The van der Waals surface area contributed by atoms with Gasteiger partial charge in [-0.3, -0.25) is 4.90 Å². The summed E-state index contributed by atoms with van der Waals surface area (Å²) in [5.41, 5.74) is 0. The van der Waals surface area contributed by atoms with Crippen molar-refractivity contribution in [2.24, 2.45) is 5.92 Å². The number of hydrogen-bond acceptors (Lipinski definition) is 4. The summed E-state index contributed by atoms with van der Waals surface area (Å²) >= 11 is 0. The molecular weight excluding hydrogens is 134 g/mol. The summed E-state index contributed by atoms with van der Waals surface area (Å²) in [6, 6.07) is 0. The van der Waals surface area contributed by atoms with Crippen molar-refractivity contribution in [1.82, 2.24) is 4.90 Å². The Morgan fingerprint density at radius 1 is 1.30 bits per heavy atom. The SMILES string of the molecule is OCC1CN(CO)CC1O. The zero-order valence-electron chi connectivity index (χ0n) is 5.77. The number of nitrogens with zero attached hydrogens (tertiary/aromatic N) is 1. The third-order valence-corrected chi connectivity index (χ3v) is 1.92. The van der Waals surface area contributed by atoms with E-state index in [1.165, 1.54) is 0 Å². The van der Waals surface area contributed by atoms with Crippen LogP contribution in [0.15, 0.2) is 0 Å². The standard InChI is InChI=1S/C6H13NO3/c8-3-5-1-7(4-9)2-6(5)10/h5-6,8-10H,1-4H2. The first-order valence-electron chi connectivity index (χ1n) is 3.40. The second kappa shape index (κ2) is 3.30. The van der Waals surface area contributed by atoms with Crippen LogP contribution >= 0.6 is 0 Å². The number of aliphatic hydroxyl groups is 3. The number of aliphatic hydroxyl groups excluding tert-OH is 3. The lowest BCUT2D eigenvalue weighted by Crippen LogP contribution is -2.22. The third kappa shape index (κ3) is 1.46. The maximum atomic E-state index is 9.18. The van der Waals surface area contributed by atoms with Crippen molar-refractivity contribution in [1.29, 1.82) is 0 Å². The lowest BCUT2D eigenvalue weighted by molar-refractivity contribution is 0.0970. The molecule has 60 valence electrons. The molecule has 0 spiro atoms. The molecule has 0 bridgehead atoms. The molecule has 0 radical (unpaired) electrons. The van der Waals surface area contributed by atoms with Crippen LogP contribution in [0.5, 0.6) is 0 Å². The van der Waals surface area contributed by atoms with Crippen molar-refractivity contribution in [3.63, 3.8) is 0 Å². The van der Waals surface area contributed by atoms with Crippen molar-refractivity contribution in [2.75, 3.05) is 26.4 Å². The maximum Gasteiger partial charge on any atom is 0.0957 e. The molecule has 0 saturated carbocycles. The van der Waals surface area contributed by atoms with E-state index in [2.05, 4.69) is 0 Å².